The number of primary amides is 1. The van der Waals surface area contributed by atoms with E-state index in [1.807, 2.05) is 6.92 Å². The van der Waals surface area contributed by atoms with Gasteiger partial charge in [-0.2, -0.15) is 0 Å². The number of allylic oxidation sites excluding steroid dienone is 1. The number of ether oxygens (including phenoxy) is 3. The van der Waals surface area contributed by atoms with Crippen LogP contribution in [0.5, 0.6) is 23.0 Å². The highest BCUT2D eigenvalue weighted by Crippen LogP contribution is 2.46. The van der Waals surface area contributed by atoms with Gasteiger partial charge in [-0.25, -0.2) is 4.79 Å². The molecule has 5 N–H and O–H groups in total. The molecule has 0 bridgehead atoms. The molecule has 2 aliphatic heterocycles. The second-order valence-electron chi connectivity index (χ2n) is 11.8. The van der Waals surface area contributed by atoms with Crippen LogP contribution in [0.25, 0.3) is 6.08 Å². The van der Waals surface area contributed by atoms with Crippen molar-refractivity contribution >= 4 is 29.6 Å². The van der Waals surface area contributed by atoms with Crippen LogP contribution in [0.15, 0.2) is 30.3 Å². The van der Waals surface area contributed by atoms with Gasteiger partial charge in [-0.15, -0.1) is 0 Å². The minimum Gasteiger partial charge on any atom is -0.507 e. The number of amides is 2. The second-order valence-corrected chi connectivity index (χ2v) is 11.8. The number of benzene rings is 2. The molecule has 11 heteroatoms. The lowest BCUT2D eigenvalue weighted by atomic mass is 9.84. The summed E-state index contributed by atoms with van der Waals surface area (Å²) in [5.74, 6) is -3.06. The first-order chi connectivity index (χ1) is 21.5. The van der Waals surface area contributed by atoms with Crippen molar-refractivity contribution in [3.05, 3.63) is 52.6 Å². The first-order valence-electron chi connectivity index (χ1n) is 15.5. The smallest absolute Gasteiger partial charge is 0.342 e. The van der Waals surface area contributed by atoms with E-state index in [1.165, 1.54) is 6.07 Å². The third-order valence-electron chi connectivity index (χ3n) is 8.42. The predicted octanol–water partition coefficient (Wildman–Crippen LogP) is 4.85. The number of hydrogen-bond donors (Lipinski definition) is 4. The molecule has 2 aliphatic rings. The van der Waals surface area contributed by atoms with E-state index in [1.54, 1.807) is 44.2 Å². The quantitative estimate of drug-likeness (QED) is 0.300. The number of aromatic hydroxyl groups is 2. The van der Waals surface area contributed by atoms with Crippen molar-refractivity contribution in [1.29, 1.82) is 0 Å². The number of Topliss-reactive ketones (excluding diaryl/α,β-unsaturated/α-hetero) is 1. The van der Waals surface area contributed by atoms with E-state index >= 15 is 0 Å². The molecule has 0 radical (unpaired) electrons. The lowest BCUT2D eigenvalue weighted by Gasteiger charge is -2.25. The van der Waals surface area contributed by atoms with Crippen molar-refractivity contribution in [2.45, 2.75) is 90.2 Å². The summed E-state index contributed by atoms with van der Waals surface area (Å²) in [4.78, 5) is 51.3. The third-order valence-corrected chi connectivity index (χ3v) is 8.42. The van der Waals surface area contributed by atoms with Crippen LogP contribution in [0.2, 0.25) is 0 Å². The van der Waals surface area contributed by atoms with Gasteiger partial charge in [0.05, 0.1) is 6.10 Å². The Balaban J connectivity index is 1.80. The molecule has 2 aromatic rings. The standard InChI is InChI=1S/C34H42N2O9/c1-4-19(2)31(33(35)41)36-28(39)17-24(21-13-14-26-27(16-21)44-18-43-26)30-25(38)15-22-10-6-5-7-11-23(37)12-8-9-20(3)45-34(42)29(22)32(30)40/h6,10,13-16,19-20,24,31,38,40H,4-5,7-9,11-12,17-18H2,1-3H3,(H2,35,41)(H,36,39)/t19-,20-,24?,31-/m0/s1. The summed E-state index contributed by atoms with van der Waals surface area (Å²) in [7, 11) is 0. The first kappa shape index (κ1) is 33.4. The molecule has 2 aromatic carbocycles. The van der Waals surface area contributed by atoms with Crippen molar-refractivity contribution in [3.8, 4) is 23.0 Å². The summed E-state index contributed by atoms with van der Waals surface area (Å²) in [5, 5.41) is 25.8. The van der Waals surface area contributed by atoms with Crippen molar-refractivity contribution in [2.75, 3.05) is 6.79 Å². The van der Waals surface area contributed by atoms with Gasteiger partial charge in [-0.05, 0) is 67.9 Å². The van der Waals surface area contributed by atoms with Crippen molar-refractivity contribution in [2.24, 2.45) is 11.7 Å². The fourth-order valence-corrected chi connectivity index (χ4v) is 5.68. The molecule has 242 valence electrons. The zero-order chi connectivity index (χ0) is 32.7. The number of esters is 1. The predicted molar refractivity (Wildman–Crippen MR) is 166 cm³/mol. The summed E-state index contributed by atoms with van der Waals surface area (Å²) >= 11 is 0. The summed E-state index contributed by atoms with van der Waals surface area (Å²) in [6.07, 6.45) is 6.17. The maximum atomic E-state index is 13.6. The average molecular weight is 623 g/mol. The Labute approximate surface area is 262 Å². The number of phenolic OH excluding ortho intramolecular Hbond substituents is 2. The van der Waals surface area contributed by atoms with Crippen LogP contribution >= 0.6 is 0 Å². The van der Waals surface area contributed by atoms with E-state index < -0.39 is 41.6 Å². The Morgan fingerprint density at radius 2 is 1.82 bits per heavy atom. The van der Waals surface area contributed by atoms with Gasteiger partial charge in [0.15, 0.2) is 11.5 Å². The Morgan fingerprint density at radius 1 is 1.09 bits per heavy atom. The molecule has 1 unspecified atom stereocenters. The van der Waals surface area contributed by atoms with Crippen LogP contribution in [0, 0.1) is 5.92 Å². The Kier molecular flexibility index (Phi) is 11.1. The number of nitrogens with one attached hydrogen (secondary N) is 1. The molecular formula is C34H42N2O9. The van der Waals surface area contributed by atoms with Crippen LogP contribution in [0.3, 0.4) is 0 Å². The van der Waals surface area contributed by atoms with Gasteiger partial charge in [0.25, 0.3) is 0 Å². The number of carbonyl (C=O) groups excluding carboxylic acids is 4. The maximum Gasteiger partial charge on any atom is 0.342 e. The van der Waals surface area contributed by atoms with Gasteiger partial charge in [-0.1, -0.05) is 38.5 Å². The van der Waals surface area contributed by atoms with Crippen LogP contribution in [-0.2, 0) is 19.1 Å². The molecule has 11 nitrogen and oxygen atoms in total. The molecular weight excluding hydrogens is 580 g/mol. The SMILES string of the molecule is CC[C@H](C)[C@H](NC(=O)CC(c1ccc2c(c1)OCO2)c1c(O)cc2c(c1O)C(=O)O[C@@H](C)CCCC(=O)CCCC=C2)C(N)=O. The molecule has 0 aromatic heterocycles. The molecule has 2 amide bonds. The Bertz CT molecular complexity index is 1470. The second kappa shape index (κ2) is 15.0. The number of phenols is 2. The molecule has 4 atom stereocenters. The molecule has 0 fully saturated rings. The fraction of sp³-hybridized carbons (Fsp3) is 0.471. The average Bonchev–Trinajstić information content (AvgIpc) is 3.46. The lowest BCUT2D eigenvalue weighted by Crippen LogP contribution is -2.48. The monoisotopic (exact) mass is 622 g/mol. The molecule has 0 saturated heterocycles. The number of hydrogen-bond acceptors (Lipinski definition) is 9. The molecule has 45 heavy (non-hydrogen) atoms. The largest absolute Gasteiger partial charge is 0.507 e. The normalized spacial score (nSPS) is 19.0. The zero-order valence-electron chi connectivity index (χ0n) is 26.0. The zero-order valence-corrected chi connectivity index (χ0v) is 26.0. The maximum absolute atomic E-state index is 13.6. The molecule has 4 rings (SSSR count). The molecule has 0 saturated carbocycles. The molecule has 2 heterocycles. The number of fused-ring (bicyclic) bond motifs is 2. The first-order valence-corrected chi connectivity index (χ1v) is 15.5. The number of rotatable bonds is 8. The van der Waals surface area contributed by atoms with E-state index in [2.05, 4.69) is 5.32 Å². The third kappa shape index (κ3) is 8.14. The highest BCUT2D eigenvalue weighted by atomic mass is 16.7. The van der Waals surface area contributed by atoms with Crippen molar-refractivity contribution in [3.63, 3.8) is 0 Å². The lowest BCUT2D eigenvalue weighted by molar-refractivity contribution is -0.128. The topological polar surface area (TPSA) is 174 Å². The number of nitrogens with two attached hydrogens (primary N) is 1. The van der Waals surface area contributed by atoms with E-state index in [0.29, 0.717) is 62.0 Å². The van der Waals surface area contributed by atoms with Gasteiger partial charge in [0.1, 0.15) is 28.9 Å². The number of cyclic esters (lactones) is 1. The summed E-state index contributed by atoms with van der Waals surface area (Å²) in [6, 6.07) is 5.41. The van der Waals surface area contributed by atoms with Crippen LogP contribution in [-0.4, -0.2) is 52.7 Å². The van der Waals surface area contributed by atoms with Gasteiger partial charge < -0.3 is 35.5 Å². The van der Waals surface area contributed by atoms with Gasteiger partial charge >= 0.3 is 5.97 Å². The van der Waals surface area contributed by atoms with E-state index in [9.17, 15) is 29.4 Å². The molecule has 0 aliphatic carbocycles. The van der Waals surface area contributed by atoms with E-state index in [0.717, 1.165) is 0 Å². The minimum absolute atomic E-state index is 0.0129. The van der Waals surface area contributed by atoms with Crippen molar-refractivity contribution < 1.29 is 43.6 Å². The highest BCUT2D eigenvalue weighted by molar-refractivity contribution is 5.98. The summed E-state index contributed by atoms with van der Waals surface area (Å²) in [5.41, 5.74) is 6.09. The van der Waals surface area contributed by atoms with E-state index in [-0.39, 0.29) is 47.4 Å². The number of ketones is 1. The van der Waals surface area contributed by atoms with Crippen LogP contribution in [0.4, 0.5) is 0 Å². The van der Waals surface area contributed by atoms with Crippen LogP contribution < -0.4 is 20.5 Å². The number of carbonyl (C=O) groups is 4. The Morgan fingerprint density at radius 3 is 2.56 bits per heavy atom. The summed E-state index contributed by atoms with van der Waals surface area (Å²) < 4.78 is 16.7. The highest BCUT2D eigenvalue weighted by Gasteiger charge is 2.33. The van der Waals surface area contributed by atoms with Gasteiger partial charge in [-0.3, -0.25) is 14.4 Å². The Hall–Kier alpha value is -4.54. The minimum atomic E-state index is -0.983. The fourth-order valence-electron chi connectivity index (χ4n) is 5.68. The molecule has 0 spiro atoms. The van der Waals surface area contributed by atoms with Gasteiger partial charge in [0.2, 0.25) is 18.6 Å². The van der Waals surface area contributed by atoms with E-state index in [4.69, 9.17) is 19.9 Å². The van der Waals surface area contributed by atoms with Crippen molar-refractivity contribution in [1.82, 2.24) is 5.32 Å². The van der Waals surface area contributed by atoms with Gasteiger partial charge in [0, 0.05) is 30.7 Å². The van der Waals surface area contributed by atoms with Crippen LogP contribution in [0.1, 0.15) is 105 Å². The summed E-state index contributed by atoms with van der Waals surface area (Å²) in [6.45, 7) is 5.41.